The highest BCUT2D eigenvalue weighted by Gasteiger charge is 2.23. The first-order chi connectivity index (χ1) is 12.0. The van der Waals surface area contributed by atoms with Gasteiger partial charge in [0.1, 0.15) is 5.84 Å². The number of anilines is 1. The molecule has 6 nitrogen and oxygen atoms in total. The highest BCUT2D eigenvalue weighted by atomic mass is 16.2. The van der Waals surface area contributed by atoms with Gasteiger partial charge in [-0.1, -0.05) is 12.1 Å². The standard InChI is InChI=1S/C19H25N5O/c1-14-6-5-7-16(12-14)23-19(21)17-13-24(15(2)25)11-8-18(17)22-10-4-3-9-20/h5-7,12,22H,3-4,8,10-11,13H2,1-2H3,(H2,21,23). The van der Waals surface area contributed by atoms with E-state index in [2.05, 4.69) is 16.7 Å². The summed E-state index contributed by atoms with van der Waals surface area (Å²) in [7, 11) is 0. The Morgan fingerprint density at radius 1 is 1.44 bits per heavy atom. The van der Waals surface area contributed by atoms with Crippen LogP contribution in [-0.2, 0) is 4.79 Å². The SMILES string of the molecule is CC(=O)N1CCC(NCCCC#N)=C(C(=N)Nc2cccc(C)c2)C1. The number of benzene rings is 1. The summed E-state index contributed by atoms with van der Waals surface area (Å²) in [5.41, 5.74) is 3.78. The molecule has 0 aromatic heterocycles. The van der Waals surface area contributed by atoms with Crippen LogP contribution in [0.5, 0.6) is 0 Å². The number of nitriles is 1. The van der Waals surface area contributed by atoms with Gasteiger partial charge in [-0.05, 0) is 31.0 Å². The van der Waals surface area contributed by atoms with E-state index in [0.717, 1.165) is 28.9 Å². The molecular formula is C19H25N5O. The number of aryl methyl sites for hydroxylation is 1. The van der Waals surface area contributed by atoms with Gasteiger partial charge in [-0.3, -0.25) is 10.2 Å². The Hall–Kier alpha value is -2.81. The molecule has 1 aromatic rings. The Morgan fingerprint density at radius 2 is 2.24 bits per heavy atom. The monoisotopic (exact) mass is 339 g/mol. The zero-order valence-electron chi connectivity index (χ0n) is 14.9. The number of amides is 1. The van der Waals surface area contributed by atoms with Crippen molar-refractivity contribution in [3.8, 4) is 6.07 Å². The number of amidine groups is 1. The largest absolute Gasteiger partial charge is 0.388 e. The predicted octanol–water partition coefficient (Wildman–Crippen LogP) is 2.78. The van der Waals surface area contributed by atoms with Gasteiger partial charge in [-0.2, -0.15) is 5.26 Å². The number of carbonyl (C=O) groups is 1. The molecule has 0 radical (unpaired) electrons. The molecule has 0 saturated carbocycles. The molecule has 1 aliphatic heterocycles. The van der Waals surface area contributed by atoms with Gasteiger partial charge >= 0.3 is 0 Å². The summed E-state index contributed by atoms with van der Waals surface area (Å²) >= 11 is 0. The van der Waals surface area contributed by atoms with Crippen LogP contribution in [0.15, 0.2) is 35.5 Å². The van der Waals surface area contributed by atoms with Crippen LogP contribution in [0.25, 0.3) is 0 Å². The molecule has 0 bridgehead atoms. The molecule has 0 unspecified atom stereocenters. The third kappa shape index (κ3) is 5.35. The van der Waals surface area contributed by atoms with Gasteiger partial charge in [0.2, 0.25) is 5.91 Å². The smallest absolute Gasteiger partial charge is 0.219 e. The number of nitrogens with zero attached hydrogens (tertiary/aromatic N) is 2. The second-order valence-electron chi connectivity index (χ2n) is 6.21. The quantitative estimate of drug-likeness (QED) is 0.422. The maximum absolute atomic E-state index is 11.7. The minimum Gasteiger partial charge on any atom is -0.388 e. The molecular weight excluding hydrogens is 314 g/mol. The molecule has 25 heavy (non-hydrogen) atoms. The average Bonchev–Trinajstić information content (AvgIpc) is 2.58. The van der Waals surface area contributed by atoms with Gasteiger partial charge in [-0.15, -0.1) is 0 Å². The number of hydrogen-bond donors (Lipinski definition) is 3. The van der Waals surface area contributed by atoms with Crippen molar-refractivity contribution in [3.63, 3.8) is 0 Å². The number of unbranched alkanes of at least 4 members (excludes halogenated alkanes) is 1. The lowest BCUT2D eigenvalue weighted by Crippen LogP contribution is -2.41. The minimum absolute atomic E-state index is 0.0180. The fraction of sp³-hybridized carbons (Fsp3) is 0.421. The summed E-state index contributed by atoms with van der Waals surface area (Å²) in [6.45, 7) is 5.34. The fourth-order valence-corrected chi connectivity index (χ4v) is 2.81. The molecule has 1 heterocycles. The Balaban J connectivity index is 2.15. The van der Waals surface area contributed by atoms with E-state index in [9.17, 15) is 4.79 Å². The van der Waals surface area contributed by atoms with Crippen molar-refractivity contribution in [2.24, 2.45) is 0 Å². The Kier molecular flexibility index (Phi) is 6.58. The van der Waals surface area contributed by atoms with Crippen molar-refractivity contribution < 1.29 is 4.79 Å². The van der Waals surface area contributed by atoms with Crippen LogP contribution in [0.4, 0.5) is 5.69 Å². The molecule has 0 saturated heterocycles. The summed E-state index contributed by atoms with van der Waals surface area (Å²) in [6, 6.07) is 10.0. The van der Waals surface area contributed by atoms with Crippen LogP contribution in [0.1, 0.15) is 31.7 Å². The number of carbonyl (C=O) groups excluding carboxylic acids is 1. The first-order valence-corrected chi connectivity index (χ1v) is 8.52. The van der Waals surface area contributed by atoms with Gasteiger partial charge in [-0.25, -0.2) is 0 Å². The Labute approximate surface area is 149 Å². The van der Waals surface area contributed by atoms with E-state index in [4.69, 9.17) is 10.7 Å². The summed E-state index contributed by atoms with van der Waals surface area (Å²) in [5.74, 6) is 0.323. The Bertz CT molecular complexity index is 717. The zero-order chi connectivity index (χ0) is 18.2. The molecule has 0 aliphatic carbocycles. The van der Waals surface area contributed by atoms with E-state index < -0.39 is 0 Å². The molecule has 1 amide bonds. The summed E-state index contributed by atoms with van der Waals surface area (Å²) in [4.78, 5) is 13.5. The maximum Gasteiger partial charge on any atom is 0.219 e. The molecule has 2 rings (SSSR count). The van der Waals surface area contributed by atoms with Gasteiger partial charge < -0.3 is 15.5 Å². The van der Waals surface area contributed by atoms with E-state index in [0.29, 0.717) is 38.3 Å². The van der Waals surface area contributed by atoms with Gasteiger partial charge in [0, 0.05) is 49.8 Å². The van der Waals surface area contributed by atoms with Crippen molar-refractivity contribution in [1.29, 1.82) is 10.7 Å². The van der Waals surface area contributed by atoms with E-state index >= 15 is 0 Å². The van der Waals surface area contributed by atoms with Gasteiger partial charge in [0.05, 0.1) is 12.6 Å². The second kappa shape index (κ2) is 8.88. The lowest BCUT2D eigenvalue weighted by Gasteiger charge is -2.31. The Morgan fingerprint density at radius 3 is 2.92 bits per heavy atom. The highest BCUT2D eigenvalue weighted by Crippen LogP contribution is 2.19. The lowest BCUT2D eigenvalue weighted by atomic mass is 10.0. The maximum atomic E-state index is 11.7. The van der Waals surface area contributed by atoms with Crippen LogP contribution < -0.4 is 10.6 Å². The average molecular weight is 339 g/mol. The first kappa shape index (κ1) is 18.5. The van der Waals surface area contributed by atoms with Crippen LogP contribution in [0.2, 0.25) is 0 Å². The van der Waals surface area contributed by atoms with E-state index in [1.807, 2.05) is 31.2 Å². The molecule has 3 N–H and O–H groups in total. The van der Waals surface area contributed by atoms with E-state index in [1.54, 1.807) is 11.8 Å². The molecule has 1 aromatic carbocycles. The van der Waals surface area contributed by atoms with Gasteiger partial charge in [0.15, 0.2) is 0 Å². The highest BCUT2D eigenvalue weighted by molar-refractivity contribution is 6.07. The number of nitrogens with one attached hydrogen (secondary N) is 3. The predicted molar refractivity (Wildman–Crippen MR) is 99.3 cm³/mol. The van der Waals surface area contributed by atoms with Crippen LogP contribution >= 0.6 is 0 Å². The summed E-state index contributed by atoms with van der Waals surface area (Å²) in [6.07, 6.45) is 1.97. The van der Waals surface area contributed by atoms with Crippen molar-refractivity contribution in [1.82, 2.24) is 10.2 Å². The van der Waals surface area contributed by atoms with Gasteiger partial charge in [0.25, 0.3) is 0 Å². The summed E-state index contributed by atoms with van der Waals surface area (Å²) < 4.78 is 0. The molecule has 0 atom stereocenters. The van der Waals surface area contributed by atoms with Crippen LogP contribution in [-0.4, -0.2) is 36.3 Å². The van der Waals surface area contributed by atoms with Crippen molar-refractivity contribution in [2.75, 3.05) is 25.0 Å². The number of rotatable bonds is 6. The van der Waals surface area contributed by atoms with E-state index in [1.165, 1.54) is 0 Å². The molecule has 132 valence electrons. The topological polar surface area (TPSA) is 92.0 Å². The van der Waals surface area contributed by atoms with Crippen LogP contribution in [0, 0.1) is 23.7 Å². The minimum atomic E-state index is 0.0180. The normalized spacial score (nSPS) is 14.0. The van der Waals surface area contributed by atoms with Crippen molar-refractivity contribution in [3.05, 3.63) is 41.1 Å². The van der Waals surface area contributed by atoms with Crippen molar-refractivity contribution in [2.45, 2.75) is 33.1 Å². The molecule has 0 spiro atoms. The second-order valence-corrected chi connectivity index (χ2v) is 6.21. The number of hydrogen-bond acceptors (Lipinski definition) is 4. The molecule has 0 fully saturated rings. The van der Waals surface area contributed by atoms with Crippen LogP contribution in [0.3, 0.4) is 0 Å². The molecule has 1 aliphatic rings. The first-order valence-electron chi connectivity index (χ1n) is 8.52. The summed E-state index contributed by atoms with van der Waals surface area (Å²) in [5, 5.41) is 23.6. The lowest BCUT2D eigenvalue weighted by molar-refractivity contribution is -0.128. The zero-order valence-corrected chi connectivity index (χ0v) is 14.9. The van der Waals surface area contributed by atoms with E-state index in [-0.39, 0.29) is 5.91 Å². The van der Waals surface area contributed by atoms with Crippen molar-refractivity contribution >= 4 is 17.4 Å². The molecule has 6 heteroatoms. The third-order valence-corrected chi connectivity index (χ3v) is 4.18. The fourth-order valence-electron chi connectivity index (χ4n) is 2.81. The third-order valence-electron chi connectivity index (χ3n) is 4.18.